The minimum atomic E-state index is -4.41. The molecule has 4 rings (SSSR count). The predicted molar refractivity (Wildman–Crippen MR) is 129 cm³/mol. The number of hydrogen-bond acceptors (Lipinski definition) is 6. The summed E-state index contributed by atoms with van der Waals surface area (Å²) in [4.78, 5) is -0.183. The van der Waals surface area contributed by atoms with E-state index >= 15 is 0 Å². The summed E-state index contributed by atoms with van der Waals surface area (Å²) in [5, 5.41) is 3.51. The molecule has 0 saturated heterocycles. The summed E-state index contributed by atoms with van der Waals surface area (Å²) in [6.45, 7) is 6.62. The van der Waals surface area contributed by atoms with Crippen molar-refractivity contribution in [2.24, 2.45) is 0 Å². The first-order valence-corrected chi connectivity index (χ1v) is 12.5. The average Bonchev–Trinajstić information content (AvgIpc) is 2.66. The second-order valence-electron chi connectivity index (χ2n) is 7.65. The van der Waals surface area contributed by atoms with Crippen LogP contribution in [0.3, 0.4) is 0 Å². The molecule has 0 fully saturated rings. The van der Waals surface area contributed by atoms with E-state index in [2.05, 4.69) is 0 Å². The summed E-state index contributed by atoms with van der Waals surface area (Å²) in [5.41, 5.74) is 2.08. The van der Waals surface area contributed by atoms with E-state index in [4.69, 9.17) is 0 Å². The minimum Gasteiger partial charge on any atom is -0.744 e. The Bertz CT molecular complexity index is 1440. The maximum atomic E-state index is 11.2. The summed E-state index contributed by atoms with van der Waals surface area (Å²) in [5.74, 6) is 0. The molecule has 9 heteroatoms. The van der Waals surface area contributed by atoms with Crippen LogP contribution in [0.2, 0.25) is 0 Å². The van der Waals surface area contributed by atoms with Gasteiger partial charge in [0, 0.05) is 0 Å². The van der Waals surface area contributed by atoms with Crippen LogP contribution < -0.4 is 0 Å². The molecular formula is C24H22CaO6S2. The molecule has 4 aromatic rings. The van der Waals surface area contributed by atoms with E-state index in [0.717, 1.165) is 21.5 Å². The van der Waals surface area contributed by atoms with Gasteiger partial charge in [-0.2, -0.15) is 0 Å². The van der Waals surface area contributed by atoms with Crippen LogP contribution in [0.4, 0.5) is 0 Å². The minimum absolute atomic E-state index is 0. The van der Waals surface area contributed by atoms with Crippen molar-refractivity contribution in [3.63, 3.8) is 0 Å². The second-order valence-corrected chi connectivity index (χ2v) is 10.3. The van der Waals surface area contributed by atoms with Crippen LogP contribution in [0.1, 0.15) is 22.3 Å². The van der Waals surface area contributed by atoms with E-state index in [0.29, 0.717) is 22.3 Å². The van der Waals surface area contributed by atoms with E-state index < -0.39 is 20.2 Å². The van der Waals surface area contributed by atoms with Crippen LogP contribution in [0, 0.1) is 27.7 Å². The molecule has 0 bridgehead atoms. The molecule has 0 spiro atoms. The number of fused-ring (bicyclic) bond motifs is 2. The first kappa shape index (κ1) is 27.7. The molecule has 0 unspecified atom stereocenters. The molecule has 0 heterocycles. The first-order chi connectivity index (χ1) is 14.8. The fourth-order valence-electron chi connectivity index (χ4n) is 4.13. The molecule has 0 amide bonds. The zero-order chi connectivity index (χ0) is 23.8. The van der Waals surface area contributed by atoms with E-state index in [1.807, 2.05) is 48.5 Å². The zero-order valence-electron chi connectivity index (χ0n) is 18.7. The Morgan fingerprint density at radius 2 is 0.879 bits per heavy atom. The van der Waals surface area contributed by atoms with Gasteiger partial charge < -0.3 is 9.11 Å². The molecule has 0 atom stereocenters. The van der Waals surface area contributed by atoms with Crippen LogP contribution in [0.15, 0.2) is 70.5 Å². The van der Waals surface area contributed by atoms with Crippen LogP contribution in [-0.2, 0) is 20.2 Å². The summed E-state index contributed by atoms with van der Waals surface area (Å²) >= 11 is 0. The van der Waals surface area contributed by atoms with Gasteiger partial charge in [-0.25, -0.2) is 16.8 Å². The fourth-order valence-corrected chi connectivity index (χ4v) is 6.01. The monoisotopic (exact) mass is 510 g/mol. The van der Waals surface area contributed by atoms with Gasteiger partial charge in [-0.1, -0.05) is 60.7 Å². The van der Waals surface area contributed by atoms with Crippen LogP contribution in [0.25, 0.3) is 21.5 Å². The van der Waals surface area contributed by atoms with Gasteiger partial charge in [-0.05, 0) is 71.5 Å². The van der Waals surface area contributed by atoms with Crippen molar-refractivity contribution < 1.29 is 25.9 Å². The molecule has 0 saturated carbocycles. The van der Waals surface area contributed by atoms with Crippen molar-refractivity contribution >= 4 is 79.5 Å². The largest absolute Gasteiger partial charge is 2.00 e. The Labute approximate surface area is 224 Å². The molecule has 0 radical (unpaired) electrons. The van der Waals surface area contributed by atoms with E-state index in [1.54, 1.807) is 39.8 Å². The van der Waals surface area contributed by atoms with Gasteiger partial charge in [0.2, 0.25) is 0 Å². The Balaban J connectivity index is 0.000000227. The van der Waals surface area contributed by atoms with Gasteiger partial charge in [0.1, 0.15) is 20.2 Å². The van der Waals surface area contributed by atoms with Gasteiger partial charge in [0.25, 0.3) is 0 Å². The standard InChI is InChI=1S/2C12H12O3S.Ca/c2*1-8-7-10-5-3-4-6-11(10)9(2)12(8)16(13,14)15;/h2*3-7H,1-2H3,(H,13,14,15);/q;;+2/p-2. The summed E-state index contributed by atoms with van der Waals surface area (Å²) in [6, 6.07) is 18.3. The van der Waals surface area contributed by atoms with E-state index in [9.17, 15) is 25.9 Å². The number of benzene rings is 4. The number of rotatable bonds is 2. The van der Waals surface area contributed by atoms with Crippen LogP contribution in [-0.4, -0.2) is 63.7 Å². The molecule has 33 heavy (non-hydrogen) atoms. The SMILES string of the molecule is Cc1cc2ccccc2c(C)c1S(=O)(=O)[O-].Cc1cc2ccccc2c(C)c1S(=O)(=O)[O-].[Ca+2]. The third-order valence-electron chi connectivity index (χ3n) is 5.37. The molecule has 168 valence electrons. The number of hydrogen-bond donors (Lipinski definition) is 0. The van der Waals surface area contributed by atoms with Crippen molar-refractivity contribution in [1.29, 1.82) is 0 Å². The third-order valence-corrected chi connectivity index (χ3v) is 7.63. The molecule has 0 N–H and O–H groups in total. The number of aryl methyl sites for hydroxylation is 4. The predicted octanol–water partition coefficient (Wildman–Crippen LogP) is 4.34. The van der Waals surface area contributed by atoms with Crippen molar-refractivity contribution in [3.8, 4) is 0 Å². The van der Waals surface area contributed by atoms with Gasteiger partial charge in [0.15, 0.2) is 0 Å². The Morgan fingerprint density at radius 1 is 0.576 bits per heavy atom. The Hall–Kier alpha value is -1.52. The average molecular weight is 511 g/mol. The topological polar surface area (TPSA) is 114 Å². The quantitative estimate of drug-likeness (QED) is 0.293. The molecular weight excluding hydrogens is 488 g/mol. The first-order valence-electron chi connectivity index (χ1n) is 9.72. The molecule has 6 nitrogen and oxygen atoms in total. The zero-order valence-corrected chi connectivity index (χ0v) is 22.6. The molecule has 0 aliphatic carbocycles. The Morgan fingerprint density at radius 3 is 1.18 bits per heavy atom. The van der Waals surface area contributed by atoms with Gasteiger partial charge in [0.05, 0.1) is 9.79 Å². The van der Waals surface area contributed by atoms with E-state index in [1.165, 1.54) is 0 Å². The fraction of sp³-hybridized carbons (Fsp3) is 0.167. The van der Waals surface area contributed by atoms with Crippen molar-refractivity contribution in [2.45, 2.75) is 37.5 Å². The van der Waals surface area contributed by atoms with Crippen molar-refractivity contribution in [3.05, 3.63) is 82.9 Å². The molecule has 4 aromatic carbocycles. The van der Waals surface area contributed by atoms with Gasteiger partial charge >= 0.3 is 37.7 Å². The third kappa shape index (κ3) is 5.95. The summed E-state index contributed by atoms with van der Waals surface area (Å²) in [7, 11) is -8.81. The van der Waals surface area contributed by atoms with Crippen molar-refractivity contribution in [1.82, 2.24) is 0 Å². The van der Waals surface area contributed by atoms with E-state index in [-0.39, 0.29) is 47.5 Å². The van der Waals surface area contributed by atoms with Crippen molar-refractivity contribution in [2.75, 3.05) is 0 Å². The summed E-state index contributed by atoms with van der Waals surface area (Å²) < 4.78 is 67.0. The Kier molecular flexibility index (Phi) is 8.73. The summed E-state index contributed by atoms with van der Waals surface area (Å²) in [6.07, 6.45) is 0. The van der Waals surface area contributed by atoms with Crippen LogP contribution >= 0.6 is 0 Å². The normalized spacial score (nSPS) is 11.6. The maximum absolute atomic E-state index is 11.2. The van der Waals surface area contributed by atoms with Gasteiger partial charge in [-0.15, -0.1) is 0 Å². The maximum Gasteiger partial charge on any atom is 2.00 e. The smallest absolute Gasteiger partial charge is 0.744 e. The molecule has 0 aromatic heterocycles. The molecule has 0 aliphatic heterocycles. The second kappa shape index (κ2) is 10.4. The van der Waals surface area contributed by atoms with Crippen LogP contribution in [0.5, 0.6) is 0 Å². The molecule has 0 aliphatic rings. The van der Waals surface area contributed by atoms with Gasteiger partial charge in [-0.3, -0.25) is 0 Å².